The van der Waals surface area contributed by atoms with Crippen LogP contribution in [0.1, 0.15) is 33.2 Å². The molecule has 5 nitrogen and oxygen atoms in total. The number of carbonyl (C=O) groups excluding carboxylic acids is 2. The van der Waals surface area contributed by atoms with Crippen LogP contribution in [0.15, 0.2) is 72.5 Å². The molecule has 0 aliphatic carbocycles. The smallest absolute Gasteiger partial charge is 0.346 e. The van der Waals surface area contributed by atoms with Gasteiger partial charge in [-0.2, -0.15) is 0 Å². The second-order valence-corrected chi connectivity index (χ2v) is 6.47. The van der Waals surface area contributed by atoms with Crippen molar-refractivity contribution in [3.05, 3.63) is 95.0 Å². The molecule has 0 spiro atoms. The van der Waals surface area contributed by atoms with Crippen LogP contribution in [0.5, 0.6) is 17.2 Å². The number of ketones is 1. The van der Waals surface area contributed by atoms with Crippen LogP contribution in [0.3, 0.4) is 0 Å². The average molecular weight is 404 g/mol. The molecule has 0 amide bonds. The predicted octanol–water partition coefficient (Wildman–Crippen LogP) is 5.06. The van der Waals surface area contributed by atoms with Gasteiger partial charge in [-0.3, -0.25) is 4.79 Å². The van der Waals surface area contributed by atoms with Crippen LogP contribution >= 0.6 is 0 Å². The van der Waals surface area contributed by atoms with Gasteiger partial charge in [0.2, 0.25) is 5.78 Å². The molecule has 0 saturated carbocycles. The Bertz CT molecular complexity index is 1150. The average Bonchev–Trinajstić information content (AvgIpc) is 3.05. The zero-order valence-corrected chi connectivity index (χ0v) is 16.1. The summed E-state index contributed by atoms with van der Waals surface area (Å²) < 4.78 is 30.0. The first-order chi connectivity index (χ1) is 14.5. The maximum absolute atomic E-state index is 13.7. The van der Waals surface area contributed by atoms with Gasteiger partial charge in [0.05, 0.1) is 17.7 Å². The number of benzene rings is 3. The summed E-state index contributed by atoms with van der Waals surface area (Å²) in [4.78, 5) is 24.6. The topological polar surface area (TPSA) is 61.8 Å². The summed E-state index contributed by atoms with van der Waals surface area (Å²) in [6.07, 6.45) is 1.60. The van der Waals surface area contributed by atoms with Crippen LogP contribution in [0.2, 0.25) is 0 Å². The summed E-state index contributed by atoms with van der Waals surface area (Å²) in [6, 6.07) is 17.1. The summed E-state index contributed by atoms with van der Waals surface area (Å²) in [5.41, 5.74) is 1.01. The van der Waals surface area contributed by atoms with E-state index in [1.165, 1.54) is 18.2 Å². The number of ether oxygens (including phenoxy) is 3. The molecular formula is C24H17FO5. The van der Waals surface area contributed by atoms with E-state index >= 15 is 0 Å². The molecule has 0 unspecified atom stereocenters. The predicted molar refractivity (Wildman–Crippen MR) is 108 cm³/mol. The molecule has 0 saturated heterocycles. The van der Waals surface area contributed by atoms with Gasteiger partial charge in [0, 0.05) is 6.07 Å². The molecule has 1 heterocycles. The number of esters is 1. The number of hydrogen-bond acceptors (Lipinski definition) is 5. The highest BCUT2D eigenvalue weighted by atomic mass is 19.1. The maximum atomic E-state index is 13.7. The van der Waals surface area contributed by atoms with Gasteiger partial charge >= 0.3 is 5.97 Å². The molecule has 150 valence electrons. The SMILES string of the molecule is CCOc1ccc2c(c1)O/C(=C\c1ccc(OC(=O)c3ccccc3F)cc1)C2=O. The maximum Gasteiger partial charge on any atom is 0.346 e. The second kappa shape index (κ2) is 8.21. The summed E-state index contributed by atoms with van der Waals surface area (Å²) >= 11 is 0. The van der Waals surface area contributed by atoms with Crippen molar-refractivity contribution >= 4 is 17.8 Å². The summed E-state index contributed by atoms with van der Waals surface area (Å²) in [5.74, 6) is -0.118. The normalized spacial score (nSPS) is 13.7. The molecule has 0 fully saturated rings. The standard InChI is InChI=1S/C24H17FO5/c1-2-28-17-11-12-19-21(14-17)30-22(23(19)26)13-15-7-9-16(10-8-15)29-24(27)18-5-3-4-6-20(18)25/h3-14H,2H2,1H3/b22-13-. The Hall–Kier alpha value is -3.93. The van der Waals surface area contributed by atoms with Gasteiger partial charge in [0.15, 0.2) is 5.76 Å². The van der Waals surface area contributed by atoms with E-state index in [1.54, 1.807) is 54.6 Å². The molecule has 1 aliphatic heterocycles. The zero-order valence-electron chi connectivity index (χ0n) is 16.1. The van der Waals surface area contributed by atoms with E-state index in [4.69, 9.17) is 14.2 Å². The third-order valence-corrected chi connectivity index (χ3v) is 4.43. The van der Waals surface area contributed by atoms with E-state index in [0.717, 1.165) is 0 Å². The molecule has 3 aromatic rings. The Morgan fingerprint density at radius 3 is 2.50 bits per heavy atom. The van der Waals surface area contributed by atoms with Crippen molar-refractivity contribution in [1.82, 2.24) is 0 Å². The minimum Gasteiger partial charge on any atom is -0.494 e. The highest BCUT2D eigenvalue weighted by Crippen LogP contribution is 2.35. The lowest BCUT2D eigenvalue weighted by atomic mass is 10.1. The molecule has 0 N–H and O–H groups in total. The molecule has 30 heavy (non-hydrogen) atoms. The molecule has 3 aromatic carbocycles. The fourth-order valence-electron chi connectivity index (χ4n) is 3.00. The van der Waals surface area contributed by atoms with Crippen molar-refractivity contribution in [1.29, 1.82) is 0 Å². The Balaban J connectivity index is 1.48. The van der Waals surface area contributed by atoms with Gasteiger partial charge < -0.3 is 14.2 Å². The van der Waals surface area contributed by atoms with Gasteiger partial charge in [-0.05, 0) is 55.0 Å². The summed E-state index contributed by atoms with van der Waals surface area (Å²) in [6.45, 7) is 2.39. The number of carbonyl (C=O) groups is 2. The molecule has 0 bridgehead atoms. The first-order valence-electron chi connectivity index (χ1n) is 9.33. The van der Waals surface area contributed by atoms with E-state index in [2.05, 4.69) is 0 Å². The van der Waals surface area contributed by atoms with Gasteiger partial charge in [0.25, 0.3) is 0 Å². The van der Waals surface area contributed by atoms with E-state index in [-0.39, 0.29) is 22.9 Å². The van der Waals surface area contributed by atoms with E-state index in [1.807, 2.05) is 6.92 Å². The van der Waals surface area contributed by atoms with Gasteiger partial charge in [-0.25, -0.2) is 9.18 Å². The monoisotopic (exact) mass is 404 g/mol. The number of hydrogen-bond donors (Lipinski definition) is 0. The van der Waals surface area contributed by atoms with Crippen molar-refractivity contribution in [2.75, 3.05) is 6.61 Å². The fraction of sp³-hybridized carbons (Fsp3) is 0.0833. The van der Waals surface area contributed by atoms with Crippen LogP contribution in [0, 0.1) is 5.82 Å². The first-order valence-corrected chi connectivity index (χ1v) is 9.33. The lowest BCUT2D eigenvalue weighted by molar-refractivity contribution is 0.0729. The number of Topliss-reactive ketones (excluding diaryl/α,β-unsaturated/α-hetero) is 1. The van der Waals surface area contributed by atoms with Crippen LogP contribution in [0.25, 0.3) is 6.08 Å². The van der Waals surface area contributed by atoms with Crippen LogP contribution in [0.4, 0.5) is 4.39 Å². The van der Waals surface area contributed by atoms with Crippen LogP contribution in [-0.4, -0.2) is 18.4 Å². The Kier molecular flexibility index (Phi) is 5.30. The quantitative estimate of drug-likeness (QED) is 0.338. The lowest BCUT2D eigenvalue weighted by Gasteiger charge is -2.06. The third kappa shape index (κ3) is 3.93. The first kappa shape index (κ1) is 19.4. The van der Waals surface area contributed by atoms with E-state index in [0.29, 0.717) is 29.2 Å². The zero-order chi connectivity index (χ0) is 21.1. The highest BCUT2D eigenvalue weighted by Gasteiger charge is 2.27. The largest absolute Gasteiger partial charge is 0.494 e. The summed E-state index contributed by atoms with van der Waals surface area (Å²) in [7, 11) is 0. The highest BCUT2D eigenvalue weighted by molar-refractivity contribution is 6.14. The number of allylic oxidation sites excluding steroid dienone is 1. The summed E-state index contributed by atoms with van der Waals surface area (Å²) in [5, 5.41) is 0. The third-order valence-electron chi connectivity index (χ3n) is 4.43. The van der Waals surface area contributed by atoms with Gasteiger partial charge in [0.1, 0.15) is 23.1 Å². The molecule has 0 atom stereocenters. The van der Waals surface area contributed by atoms with Gasteiger partial charge in [-0.15, -0.1) is 0 Å². The van der Waals surface area contributed by atoms with Crippen molar-refractivity contribution < 1.29 is 28.2 Å². The minimum atomic E-state index is -0.783. The number of halogens is 1. The van der Waals surface area contributed by atoms with Crippen molar-refractivity contribution in [3.63, 3.8) is 0 Å². The molecule has 4 rings (SSSR count). The Labute approximate surface area is 172 Å². The molecule has 0 aromatic heterocycles. The fourth-order valence-corrected chi connectivity index (χ4v) is 3.00. The van der Waals surface area contributed by atoms with E-state index in [9.17, 15) is 14.0 Å². The molecule has 0 radical (unpaired) electrons. The molecule has 6 heteroatoms. The van der Waals surface area contributed by atoms with Gasteiger partial charge in [-0.1, -0.05) is 24.3 Å². The van der Waals surface area contributed by atoms with Crippen LogP contribution < -0.4 is 14.2 Å². The number of fused-ring (bicyclic) bond motifs is 1. The minimum absolute atomic E-state index is 0.141. The Morgan fingerprint density at radius 2 is 1.77 bits per heavy atom. The van der Waals surface area contributed by atoms with Crippen molar-refractivity contribution in [3.8, 4) is 17.2 Å². The second-order valence-electron chi connectivity index (χ2n) is 6.47. The van der Waals surface area contributed by atoms with E-state index < -0.39 is 11.8 Å². The van der Waals surface area contributed by atoms with Crippen molar-refractivity contribution in [2.45, 2.75) is 6.92 Å². The lowest BCUT2D eigenvalue weighted by Crippen LogP contribution is -2.10. The molecule has 1 aliphatic rings. The van der Waals surface area contributed by atoms with Crippen molar-refractivity contribution in [2.24, 2.45) is 0 Å². The molecular weight excluding hydrogens is 387 g/mol. The Morgan fingerprint density at radius 1 is 1.03 bits per heavy atom. The van der Waals surface area contributed by atoms with Crippen LogP contribution in [-0.2, 0) is 0 Å². The number of rotatable bonds is 5.